The number of carbonyl (C=O) groups is 1. The number of nitrogens with one attached hydrogen (secondary N) is 2. The number of aromatic amines is 2. The molecule has 1 aromatic heterocycles. The lowest BCUT2D eigenvalue weighted by molar-refractivity contribution is -0.135. The number of nitrogens with zero attached hydrogens (tertiary/aromatic N) is 1. The Hall–Kier alpha value is -2.38. The summed E-state index contributed by atoms with van der Waals surface area (Å²) in [5, 5.41) is 0. The third kappa shape index (κ3) is 2.35. The molecule has 0 bridgehead atoms. The molecule has 8 heteroatoms. The lowest BCUT2D eigenvalue weighted by Crippen LogP contribution is -2.41. The van der Waals surface area contributed by atoms with Gasteiger partial charge in [-0.2, -0.15) is 0 Å². The van der Waals surface area contributed by atoms with Gasteiger partial charge in [-0.25, -0.2) is 23.7 Å². The van der Waals surface area contributed by atoms with Crippen LogP contribution in [0.1, 0.15) is 6.92 Å². The van der Waals surface area contributed by atoms with Crippen molar-refractivity contribution in [2.75, 3.05) is 7.11 Å². The number of aromatic nitrogens is 3. The van der Waals surface area contributed by atoms with E-state index in [2.05, 4.69) is 4.74 Å². The van der Waals surface area contributed by atoms with Crippen LogP contribution in [0.4, 0.5) is 0 Å². The molecular formula is C8H9N3O5. The van der Waals surface area contributed by atoms with Gasteiger partial charge in [-0.3, -0.25) is 9.97 Å². The Morgan fingerprint density at radius 2 is 1.75 bits per heavy atom. The minimum absolute atomic E-state index is 0.0437. The first kappa shape index (κ1) is 11.7. The van der Waals surface area contributed by atoms with E-state index in [-0.39, 0.29) is 5.57 Å². The summed E-state index contributed by atoms with van der Waals surface area (Å²) in [7, 11) is 1.17. The normalized spacial score (nSPS) is 11.2. The zero-order valence-corrected chi connectivity index (χ0v) is 8.57. The molecule has 16 heavy (non-hydrogen) atoms. The predicted octanol–water partition coefficient (Wildman–Crippen LogP) is -1.74. The average molecular weight is 227 g/mol. The first-order valence-corrected chi connectivity index (χ1v) is 4.17. The van der Waals surface area contributed by atoms with Crippen molar-refractivity contribution in [2.24, 2.45) is 0 Å². The Bertz CT molecular complexity index is 569. The van der Waals surface area contributed by atoms with E-state index < -0.39 is 23.0 Å². The maximum Gasteiger partial charge on any atom is 0.337 e. The van der Waals surface area contributed by atoms with Crippen molar-refractivity contribution in [3.8, 4) is 0 Å². The minimum atomic E-state index is -0.933. The number of hydrogen-bond acceptors (Lipinski definition) is 5. The summed E-state index contributed by atoms with van der Waals surface area (Å²) < 4.78 is 4.94. The molecule has 0 aliphatic rings. The number of rotatable bonds is 2. The van der Waals surface area contributed by atoms with Gasteiger partial charge in [0, 0.05) is 6.20 Å². The smallest absolute Gasteiger partial charge is 0.337 e. The van der Waals surface area contributed by atoms with Crippen LogP contribution in [0, 0.1) is 0 Å². The molecule has 0 fully saturated rings. The zero-order chi connectivity index (χ0) is 12.3. The number of ether oxygens (including phenoxy) is 1. The number of carbonyl (C=O) groups excluding carboxylic acids is 1. The molecule has 0 saturated carbocycles. The van der Waals surface area contributed by atoms with Crippen LogP contribution in [-0.4, -0.2) is 27.6 Å². The molecule has 0 saturated heterocycles. The fourth-order valence-corrected chi connectivity index (χ4v) is 0.963. The Morgan fingerprint density at radius 1 is 1.25 bits per heavy atom. The van der Waals surface area contributed by atoms with Crippen LogP contribution in [0.25, 0.3) is 6.20 Å². The molecule has 0 spiro atoms. The van der Waals surface area contributed by atoms with Crippen molar-refractivity contribution in [3.63, 3.8) is 0 Å². The molecule has 8 nitrogen and oxygen atoms in total. The summed E-state index contributed by atoms with van der Waals surface area (Å²) in [6.45, 7) is 1.36. The molecule has 0 aliphatic heterocycles. The van der Waals surface area contributed by atoms with Crippen molar-refractivity contribution < 1.29 is 9.53 Å². The Kier molecular flexibility index (Phi) is 3.24. The van der Waals surface area contributed by atoms with Crippen LogP contribution in [0.15, 0.2) is 20.0 Å². The van der Waals surface area contributed by atoms with Gasteiger partial charge in [0.25, 0.3) is 0 Å². The third-order valence-electron chi connectivity index (χ3n) is 1.71. The quantitative estimate of drug-likeness (QED) is 0.459. The highest BCUT2D eigenvalue weighted by atomic mass is 16.5. The van der Waals surface area contributed by atoms with Crippen LogP contribution in [-0.2, 0) is 9.53 Å². The van der Waals surface area contributed by atoms with Crippen molar-refractivity contribution in [1.29, 1.82) is 0 Å². The largest absolute Gasteiger partial charge is 0.466 e. The highest BCUT2D eigenvalue weighted by Gasteiger charge is 2.06. The Morgan fingerprint density at radius 3 is 2.19 bits per heavy atom. The monoisotopic (exact) mass is 227 g/mol. The van der Waals surface area contributed by atoms with E-state index in [9.17, 15) is 19.2 Å². The standard InChI is InChI=1S/C8H9N3O5/c1-4(5(12)16-2)3-11-7(14)9-6(13)10-8(11)15/h3H,1-2H3,(H2,9,10,13,14,15). The van der Waals surface area contributed by atoms with Crippen molar-refractivity contribution in [2.45, 2.75) is 6.92 Å². The molecule has 0 atom stereocenters. The minimum Gasteiger partial charge on any atom is -0.466 e. The summed E-state index contributed by atoms with van der Waals surface area (Å²) in [5.41, 5.74) is -2.73. The topological polar surface area (TPSA) is 114 Å². The maximum absolute atomic E-state index is 11.2. The second-order valence-electron chi connectivity index (χ2n) is 2.86. The van der Waals surface area contributed by atoms with Crippen LogP contribution < -0.4 is 17.1 Å². The van der Waals surface area contributed by atoms with Crippen molar-refractivity contribution in [3.05, 3.63) is 37.0 Å². The van der Waals surface area contributed by atoms with Gasteiger partial charge in [-0.1, -0.05) is 0 Å². The molecule has 0 aliphatic carbocycles. The van der Waals surface area contributed by atoms with Gasteiger partial charge in [0.05, 0.1) is 12.7 Å². The van der Waals surface area contributed by atoms with Gasteiger partial charge in [0.1, 0.15) is 0 Å². The highest BCUT2D eigenvalue weighted by Crippen LogP contribution is 1.94. The molecule has 0 unspecified atom stereocenters. The van der Waals surface area contributed by atoms with E-state index in [0.29, 0.717) is 4.57 Å². The van der Waals surface area contributed by atoms with Crippen molar-refractivity contribution >= 4 is 12.2 Å². The SMILES string of the molecule is COC(=O)C(C)=Cn1c(=O)[nH]c(=O)[nH]c1=O. The second kappa shape index (κ2) is 4.43. The van der Waals surface area contributed by atoms with E-state index in [1.165, 1.54) is 14.0 Å². The maximum atomic E-state index is 11.2. The van der Waals surface area contributed by atoms with Crippen LogP contribution >= 0.6 is 0 Å². The van der Waals surface area contributed by atoms with E-state index >= 15 is 0 Å². The summed E-state index contributed by atoms with van der Waals surface area (Å²) in [4.78, 5) is 47.8. The van der Waals surface area contributed by atoms with Crippen LogP contribution in [0.2, 0.25) is 0 Å². The molecule has 1 heterocycles. The Labute approximate surface area is 88.2 Å². The van der Waals surface area contributed by atoms with Gasteiger partial charge in [-0.05, 0) is 6.92 Å². The van der Waals surface area contributed by atoms with Crippen molar-refractivity contribution in [1.82, 2.24) is 14.5 Å². The highest BCUT2D eigenvalue weighted by molar-refractivity contribution is 5.90. The van der Waals surface area contributed by atoms with E-state index in [4.69, 9.17) is 0 Å². The molecule has 2 N–H and O–H groups in total. The zero-order valence-electron chi connectivity index (χ0n) is 8.57. The van der Waals surface area contributed by atoms with E-state index in [1.807, 2.05) is 9.97 Å². The van der Waals surface area contributed by atoms with Crippen LogP contribution in [0.5, 0.6) is 0 Å². The first-order valence-electron chi connectivity index (χ1n) is 4.17. The number of H-pyrrole nitrogens is 2. The summed E-state index contributed by atoms with van der Waals surface area (Å²) in [5.74, 6) is -0.683. The summed E-state index contributed by atoms with van der Waals surface area (Å²) in [6.07, 6.45) is 0.975. The number of esters is 1. The second-order valence-corrected chi connectivity index (χ2v) is 2.86. The van der Waals surface area contributed by atoms with E-state index in [0.717, 1.165) is 6.20 Å². The fourth-order valence-electron chi connectivity index (χ4n) is 0.963. The number of methoxy groups -OCH3 is 1. The average Bonchev–Trinajstić information content (AvgIpc) is 2.21. The first-order chi connectivity index (χ1) is 7.45. The van der Waals surface area contributed by atoms with Gasteiger partial charge in [0.15, 0.2) is 0 Å². The van der Waals surface area contributed by atoms with Crippen LogP contribution in [0.3, 0.4) is 0 Å². The van der Waals surface area contributed by atoms with Gasteiger partial charge < -0.3 is 4.74 Å². The Balaban J connectivity index is 3.37. The molecule has 0 amide bonds. The third-order valence-corrected chi connectivity index (χ3v) is 1.71. The van der Waals surface area contributed by atoms with Gasteiger partial charge in [0.2, 0.25) is 0 Å². The molecule has 0 aromatic carbocycles. The summed E-state index contributed by atoms with van der Waals surface area (Å²) in [6, 6.07) is 0. The predicted molar refractivity (Wildman–Crippen MR) is 53.9 cm³/mol. The molecule has 86 valence electrons. The molecular weight excluding hydrogens is 218 g/mol. The summed E-state index contributed by atoms with van der Waals surface area (Å²) >= 11 is 0. The van der Waals surface area contributed by atoms with E-state index in [1.54, 1.807) is 0 Å². The number of hydrogen-bond donors (Lipinski definition) is 2. The molecule has 1 rings (SSSR count). The lowest BCUT2D eigenvalue weighted by atomic mass is 10.3. The van der Waals surface area contributed by atoms with Gasteiger partial charge in [-0.15, -0.1) is 0 Å². The van der Waals surface area contributed by atoms with Gasteiger partial charge >= 0.3 is 23.0 Å². The molecule has 0 radical (unpaired) electrons. The molecule has 1 aromatic rings. The lowest BCUT2D eigenvalue weighted by Gasteiger charge is -1.99. The fraction of sp³-hybridized carbons (Fsp3) is 0.250.